The van der Waals surface area contributed by atoms with Crippen LogP contribution in [0.4, 0.5) is 20.6 Å². The van der Waals surface area contributed by atoms with Crippen molar-refractivity contribution in [2.24, 2.45) is 0 Å². The molecular formula is C24H23ClFN3O4. The summed E-state index contributed by atoms with van der Waals surface area (Å²) in [6, 6.07) is 13.8. The van der Waals surface area contributed by atoms with Gasteiger partial charge >= 0.3 is 12.0 Å². The van der Waals surface area contributed by atoms with E-state index in [1.54, 1.807) is 45.2 Å². The first kappa shape index (κ1) is 24.0. The first-order chi connectivity index (χ1) is 15.7. The third-order valence-corrected chi connectivity index (χ3v) is 4.83. The van der Waals surface area contributed by atoms with Crippen LogP contribution in [0.25, 0.3) is 11.1 Å². The van der Waals surface area contributed by atoms with Gasteiger partial charge in [-0.15, -0.1) is 0 Å². The van der Waals surface area contributed by atoms with Crippen LogP contribution in [0.2, 0.25) is 5.02 Å². The van der Waals surface area contributed by atoms with E-state index in [1.165, 1.54) is 12.1 Å². The maximum absolute atomic E-state index is 13.1. The lowest BCUT2D eigenvalue weighted by Crippen LogP contribution is -2.39. The molecule has 0 unspecified atom stereocenters. The molecule has 1 heterocycles. The Morgan fingerprint density at radius 2 is 1.73 bits per heavy atom. The largest absolute Gasteiger partial charge is 0.463 e. The Morgan fingerprint density at radius 1 is 1.03 bits per heavy atom. The lowest BCUT2D eigenvalue weighted by Gasteiger charge is -2.23. The number of pyridine rings is 1. The van der Waals surface area contributed by atoms with E-state index >= 15 is 0 Å². The highest BCUT2D eigenvalue weighted by Crippen LogP contribution is 2.25. The number of hydrogen-bond acceptors (Lipinski definition) is 5. The second kappa shape index (κ2) is 10.3. The van der Waals surface area contributed by atoms with Gasteiger partial charge in [-0.2, -0.15) is 0 Å². The average Bonchev–Trinajstić information content (AvgIpc) is 2.77. The minimum Gasteiger partial charge on any atom is -0.463 e. The predicted octanol–water partition coefficient (Wildman–Crippen LogP) is 5.91. The van der Waals surface area contributed by atoms with Gasteiger partial charge in [-0.3, -0.25) is 0 Å². The highest BCUT2D eigenvalue weighted by atomic mass is 35.5. The SMILES string of the molecule is CCOC(=O)C(C)(C)Oc1ccc(-c2ccc(NC(=O)Nc3ccc(F)cc3Cl)cc2)cn1. The highest BCUT2D eigenvalue weighted by Gasteiger charge is 2.32. The normalized spacial score (nSPS) is 10.9. The summed E-state index contributed by atoms with van der Waals surface area (Å²) in [4.78, 5) is 28.4. The number of hydrogen-bond donors (Lipinski definition) is 2. The minimum absolute atomic E-state index is 0.103. The molecule has 2 aromatic carbocycles. The fourth-order valence-electron chi connectivity index (χ4n) is 2.84. The number of nitrogens with zero attached hydrogens (tertiary/aromatic N) is 1. The summed E-state index contributed by atoms with van der Waals surface area (Å²) < 4.78 is 23.8. The van der Waals surface area contributed by atoms with E-state index in [1.807, 2.05) is 18.2 Å². The number of nitrogens with one attached hydrogen (secondary N) is 2. The van der Waals surface area contributed by atoms with Crippen molar-refractivity contribution in [1.29, 1.82) is 0 Å². The van der Waals surface area contributed by atoms with E-state index in [0.29, 0.717) is 17.3 Å². The van der Waals surface area contributed by atoms with Gasteiger partial charge in [0.2, 0.25) is 11.5 Å². The Balaban J connectivity index is 1.61. The van der Waals surface area contributed by atoms with Crippen LogP contribution in [0.5, 0.6) is 5.88 Å². The van der Waals surface area contributed by atoms with E-state index in [0.717, 1.165) is 17.2 Å². The fraction of sp³-hybridized carbons (Fsp3) is 0.208. The smallest absolute Gasteiger partial charge is 0.349 e. The minimum atomic E-state index is -1.16. The van der Waals surface area contributed by atoms with Crippen molar-refractivity contribution in [2.45, 2.75) is 26.4 Å². The Morgan fingerprint density at radius 3 is 2.33 bits per heavy atom. The van der Waals surface area contributed by atoms with Crippen LogP contribution in [0, 0.1) is 5.82 Å². The van der Waals surface area contributed by atoms with Gasteiger partial charge in [0.25, 0.3) is 0 Å². The molecule has 0 fully saturated rings. The van der Waals surface area contributed by atoms with Crippen LogP contribution < -0.4 is 15.4 Å². The standard InChI is InChI=1S/C24H23ClFN3O4/c1-4-32-22(30)24(2,3)33-21-12-7-16(14-27-21)15-5-9-18(10-6-15)28-23(31)29-20-11-8-17(26)13-19(20)25/h5-14H,4H2,1-3H3,(H2,28,29,31). The molecule has 0 aliphatic carbocycles. The van der Waals surface area contributed by atoms with E-state index in [-0.39, 0.29) is 11.6 Å². The zero-order valence-corrected chi connectivity index (χ0v) is 19.1. The highest BCUT2D eigenvalue weighted by molar-refractivity contribution is 6.33. The molecule has 3 aromatic rings. The van der Waals surface area contributed by atoms with Crippen LogP contribution in [0.1, 0.15) is 20.8 Å². The van der Waals surface area contributed by atoms with Crippen molar-refractivity contribution in [1.82, 2.24) is 4.98 Å². The van der Waals surface area contributed by atoms with Crippen LogP contribution in [-0.4, -0.2) is 29.2 Å². The number of urea groups is 1. The molecular weight excluding hydrogens is 449 g/mol. The molecule has 0 aliphatic heterocycles. The fourth-order valence-corrected chi connectivity index (χ4v) is 3.06. The van der Waals surface area contributed by atoms with E-state index in [2.05, 4.69) is 15.6 Å². The van der Waals surface area contributed by atoms with Gasteiger partial charge in [0.05, 0.1) is 17.3 Å². The molecule has 3 rings (SSSR count). The van der Waals surface area contributed by atoms with Gasteiger partial charge in [-0.1, -0.05) is 23.7 Å². The van der Waals surface area contributed by atoms with Crippen LogP contribution >= 0.6 is 11.6 Å². The predicted molar refractivity (Wildman–Crippen MR) is 125 cm³/mol. The first-order valence-corrected chi connectivity index (χ1v) is 10.5. The number of ether oxygens (including phenoxy) is 2. The molecule has 0 saturated heterocycles. The summed E-state index contributed by atoms with van der Waals surface area (Å²) in [7, 11) is 0. The summed E-state index contributed by atoms with van der Waals surface area (Å²) in [5.41, 5.74) is 1.39. The number of carbonyl (C=O) groups is 2. The van der Waals surface area contributed by atoms with E-state index < -0.39 is 23.4 Å². The molecule has 7 nitrogen and oxygen atoms in total. The van der Waals surface area contributed by atoms with Crippen LogP contribution in [0.15, 0.2) is 60.8 Å². The molecule has 0 radical (unpaired) electrons. The first-order valence-electron chi connectivity index (χ1n) is 10.1. The maximum atomic E-state index is 13.1. The molecule has 1 aromatic heterocycles. The quantitative estimate of drug-likeness (QED) is 0.418. The zero-order chi connectivity index (χ0) is 24.0. The maximum Gasteiger partial charge on any atom is 0.349 e. The second-order valence-electron chi connectivity index (χ2n) is 7.50. The molecule has 0 saturated carbocycles. The molecule has 2 amide bonds. The number of benzene rings is 2. The third kappa shape index (κ3) is 6.43. The van der Waals surface area contributed by atoms with Crippen molar-refractivity contribution in [3.05, 3.63) is 71.6 Å². The van der Waals surface area contributed by atoms with E-state index in [4.69, 9.17) is 21.1 Å². The molecule has 0 aliphatic rings. The number of rotatable bonds is 7. The van der Waals surface area contributed by atoms with Crippen molar-refractivity contribution >= 4 is 35.0 Å². The summed E-state index contributed by atoms with van der Waals surface area (Å²) in [5.74, 6) is -0.658. The van der Waals surface area contributed by atoms with Crippen molar-refractivity contribution in [2.75, 3.05) is 17.2 Å². The molecule has 0 bridgehead atoms. The summed E-state index contributed by atoms with van der Waals surface area (Å²) in [5, 5.41) is 5.35. The van der Waals surface area contributed by atoms with Crippen LogP contribution in [0.3, 0.4) is 0 Å². The van der Waals surface area contributed by atoms with Gasteiger partial charge < -0.3 is 20.1 Å². The number of aromatic nitrogens is 1. The van der Waals surface area contributed by atoms with E-state index in [9.17, 15) is 14.0 Å². The zero-order valence-electron chi connectivity index (χ0n) is 18.3. The topological polar surface area (TPSA) is 89.5 Å². The number of carbonyl (C=O) groups excluding carboxylic acids is 2. The molecule has 33 heavy (non-hydrogen) atoms. The average molecular weight is 472 g/mol. The van der Waals surface area contributed by atoms with Crippen molar-refractivity contribution in [3.8, 4) is 17.0 Å². The molecule has 9 heteroatoms. The second-order valence-corrected chi connectivity index (χ2v) is 7.91. The number of amides is 2. The monoisotopic (exact) mass is 471 g/mol. The summed E-state index contributed by atoms with van der Waals surface area (Å²) in [6.07, 6.45) is 1.63. The molecule has 2 N–H and O–H groups in total. The van der Waals surface area contributed by atoms with Gasteiger partial charge in [0.1, 0.15) is 5.82 Å². The molecule has 0 spiro atoms. The summed E-state index contributed by atoms with van der Waals surface area (Å²) >= 11 is 5.92. The molecule has 0 atom stereocenters. The van der Waals surface area contributed by atoms with Gasteiger partial charge in [-0.25, -0.2) is 19.0 Å². The number of anilines is 2. The summed E-state index contributed by atoms with van der Waals surface area (Å²) in [6.45, 7) is 5.23. The van der Waals surface area contributed by atoms with Gasteiger partial charge in [0.15, 0.2) is 0 Å². The number of halogens is 2. The van der Waals surface area contributed by atoms with Gasteiger partial charge in [0, 0.05) is 23.5 Å². The lowest BCUT2D eigenvalue weighted by molar-refractivity contribution is -0.158. The van der Waals surface area contributed by atoms with Crippen LogP contribution in [-0.2, 0) is 9.53 Å². The molecule has 172 valence electrons. The Kier molecular flexibility index (Phi) is 7.50. The Hall–Kier alpha value is -3.65. The van der Waals surface area contributed by atoms with Gasteiger partial charge in [-0.05, 0) is 62.7 Å². The lowest BCUT2D eigenvalue weighted by atomic mass is 10.1. The number of esters is 1. The Labute approximate surface area is 195 Å². The third-order valence-electron chi connectivity index (χ3n) is 4.52. The van der Waals surface area contributed by atoms with Crippen molar-refractivity contribution < 1.29 is 23.5 Å². The Bertz CT molecular complexity index is 1140. The van der Waals surface area contributed by atoms with Crippen molar-refractivity contribution in [3.63, 3.8) is 0 Å².